The maximum Gasteiger partial charge on any atom is 0.418 e. The summed E-state index contributed by atoms with van der Waals surface area (Å²) in [5.74, 6) is -1.78. The van der Waals surface area contributed by atoms with Crippen LogP contribution in [-0.4, -0.2) is 23.5 Å². The average Bonchev–Trinajstić information content (AvgIpc) is 3.05. The largest absolute Gasteiger partial charge is 0.452 e. The number of hydrogen-bond donors (Lipinski definition) is 1. The van der Waals surface area contributed by atoms with Gasteiger partial charge >= 0.3 is 12.1 Å². The monoisotopic (exact) mass is 390 g/mol. The summed E-state index contributed by atoms with van der Waals surface area (Å²) < 4.78 is 43.4. The third-order valence-corrected chi connectivity index (χ3v) is 3.80. The molecule has 0 bridgehead atoms. The first-order valence-corrected chi connectivity index (χ1v) is 7.93. The Labute approximate surface area is 149 Å². The highest BCUT2D eigenvalue weighted by Crippen LogP contribution is 2.38. The number of ether oxygens (including phenoxy) is 1. The van der Waals surface area contributed by atoms with Crippen molar-refractivity contribution < 1.29 is 27.5 Å². The summed E-state index contributed by atoms with van der Waals surface area (Å²) in [7, 11) is 0. The number of halogens is 4. The topological polar surface area (TPSA) is 68.3 Å². The summed E-state index contributed by atoms with van der Waals surface area (Å²) in [6.45, 7) is -0.760. The minimum absolute atomic E-state index is 0.279. The minimum Gasteiger partial charge on any atom is -0.452 e. The van der Waals surface area contributed by atoms with Gasteiger partial charge in [0.15, 0.2) is 6.61 Å². The van der Waals surface area contributed by atoms with Crippen molar-refractivity contribution in [3.63, 3.8) is 0 Å². The van der Waals surface area contributed by atoms with E-state index >= 15 is 0 Å². The lowest BCUT2D eigenvalue weighted by atomic mass is 10.1. The zero-order valence-corrected chi connectivity index (χ0v) is 13.9. The second-order valence-electron chi connectivity index (χ2n) is 4.52. The van der Waals surface area contributed by atoms with Gasteiger partial charge in [0.05, 0.1) is 16.3 Å². The van der Waals surface area contributed by atoms with E-state index in [2.05, 4.69) is 9.72 Å². The van der Waals surface area contributed by atoms with Crippen molar-refractivity contribution in [2.75, 3.05) is 11.9 Å². The number of aromatic nitrogens is 1. The molecule has 2 rings (SSSR count). The van der Waals surface area contributed by atoms with E-state index in [1.165, 1.54) is 23.5 Å². The molecule has 1 N–H and O–H groups in total. The molecule has 25 heavy (non-hydrogen) atoms. The van der Waals surface area contributed by atoms with Crippen LogP contribution >= 0.6 is 22.9 Å². The van der Waals surface area contributed by atoms with Crippen molar-refractivity contribution in [2.45, 2.75) is 6.18 Å². The molecule has 0 atom stereocenters. The van der Waals surface area contributed by atoms with Gasteiger partial charge in [0.25, 0.3) is 5.91 Å². The number of nitrogens with one attached hydrogen (secondary N) is 1. The van der Waals surface area contributed by atoms with Crippen molar-refractivity contribution in [2.24, 2.45) is 0 Å². The summed E-state index contributed by atoms with van der Waals surface area (Å²) >= 11 is 7.00. The molecule has 0 unspecified atom stereocenters. The number of para-hydroxylation sites is 1. The number of nitrogens with zero attached hydrogens (tertiary/aromatic N) is 1. The molecule has 1 aromatic heterocycles. The number of thiazole rings is 1. The van der Waals surface area contributed by atoms with E-state index in [1.807, 2.05) is 5.32 Å². The van der Waals surface area contributed by atoms with Gasteiger partial charge in [-0.1, -0.05) is 17.7 Å². The highest BCUT2D eigenvalue weighted by molar-refractivity contribution is 7.10. The Hall–Kier alpha value is -2.39. The molecule has 0 spiro atoms. The summed E-state index contributed by atoms with van der Waals surface area (Å²) in [6.07, 6.45) is -0.699. The van der Waals surface area contributed by atoms with Crippen molar-refractivity contribution >= 4 is 46.6 Å². The molecule has 0 aliphatic carbocycles. The summed E-state index contributed by atoms with van der Waals surface area (Å²) in [5.41, 5.74) is -1.68. The van der Waals surface area contributed by atoms with Crippen LogP contribution in [0.2, 0.25) is 5.02 Å². The molecule has 1 amide bonds. The van der Waals surface area contributed by atoms with Crippen LogP contribution in [0.5, 0.6) is 0 Å². The zero-order chi connectivity index (χ0) is 18.4. The fraction of sp³-hybridized carbons (Fsp3) is 0.133. The van der Waals surface area contributed by atoms with Gasteiger partial charge in [0, 0.05) is 17.7 Å². The molecule has 1 heterocycles. The van der Waals surface area contributed by atoms with Gasteiger partial charge < -0.3 is 10.1 Å². The number of benzene rings is 1. The molecule has 1 aromatic carbocycles. The molecule has 0 aliphatic rings. The Morgan fingerprint density at radius 3 is 2.76 bits per heavy atom. The third kappa shape index (κ3) is 5.57. The Balaban J connectivity index is 1.96. The van der Waals surface area contributed by atoms with E-state index in [4.69, 9.17) is 11.6 Å². The van der Waals surface area contributed by atoms with Crippen molar-refractivity contribution in [1.29, 1.82) is 0 Å². The fourth-order valence-electron chi connectivity index (χ4n) is 1.70. The van der Waals surface area contributed by atoms with Gasteiger partial charge in [-0.3, -0.25) is 4.79 Å². The molecule has 0 aliphatic heterocycles. The molecule has 5 nitrogen and oxygen atoms in total. The minimum atomic E-state index is -4.69. The van der Waals surface area contributed by atoms with Crippen molar-refractivity contribution in [3.8, 4) is 0 Å². The van der Waals surface area contributed by atoms with Gasteiger partial charge in [-0.15, -0.1) is 11.3 Å². The molecule has 2 aromatic rings. The molecule has 0 saturated heterocycles. The van der Waals surface area contributed by atoms with Gasteiger partial charge in [0.2, 0.25) is 0 Å². The number of hydrogen-bond acceptors (Lipinski definition) is 5. The molecular weight excluding hydrogens is 381 g/mol. The summed E-state index contributed by atoms with van der Waals surface area (Å²) in [6, 6.07) is 3.10. The van der Waals surface area contributed by atoms with Crippen LogP contribution in [0.15, 0.2) is 35.9 Å². The number of carbonyl (C=O) groups excluding carboxylic acids is 2. The second kappa shape index (κ2) is 8.13. The maximum absolute atomic E-state index is 12.9. The molecule has 0 saturated carbocycles. The van der Waals surface area contributed by atoms with Crippen LogP contribution in [0, 0.1) is 0 Å². The Morgan fingerprint density at radius 2 is 2.12 bits per heavy atom. The van der Waals surface area contributed by atoms with Crippen LogP contribution < -0.4 is 5.32 Å². The number of esters is 1. The van der Waals surface area contributed by atoms with E-state index < -0.39 is 35.9 Å². The lowest BCUT2D eigenvalue weighted by molar-refractivity contribution is -0.142. The standard InChI is InChI=1S/C15H10ClF3N2O3S/c16-10-3-1-2-9(15(17,18)19)14(10)21-11(22)8-24-13(23)5-4-12-20-6-7-25-12/h1-7H,8H2,(H,21,22). The zero-order valence-electron chi connectivity index (χ0n) is 12.3. The Bertz CT molecular complexity index is 792. The number of amides is 1. The van der Waals surface area contributed by atoms with Crippen LogP contribution in [0.3, 0.4) is 0 Å². The quantitative estimate of drug-likeness (QED) is 0.618. The molecule has 10 heteroatoms. The molecular formula is C15H10ClF3N2O3S. The van der Waals surface area contributed by atoms with Crippen LogP contribution in [-0.2, 0) is 20.5 Å². The Kier molecular flexibility index (Phi) is 6.16. The third-order valence-electron chi connectivity index (χ3n) is 2.74. The Morgan fingerprint density at radius 1 is 1.36 bits per heavy atom. The smallest absolute Gasteiger partial charge is 0.418 e. The van der Waals surface area contributed by atoms with Crippen LogP contribution in [0.1, 0.15) is 10.6 Å². The number of anilines is 1. The first kappa shape index (κ1) is 18.9. The number of rotatable bonds is 5. The van der Waals surface area contributed by atoms with E-state index in [1.54, 1.807) is 11.6 Å². The van der Waals surface area contributed by atoms with E-state index in [0.29, 0.717) is 5.01 Å². The predicted octanol–water partition coefficient (Wildman–Crippen LogP) is 4.01. The number of alkyl halides is 3. The first-order chi connectivity index (χ1) is 11.8. The first-order valence-electron chi connectivity index (χ1n) is 6.67. The maximum atomic E-state index is 12.9. The van der Waals surface area contributed by atoms with Crippen molar-refractivity contribution in [1.82, 2.24) is 4.98 Å². The molecule has 0 radical (unpaired) electrons. The van der Waals surface area contributed by atoms with E-state index in [0.717, 1.165) is 18.2 Å². The lowest BCUT2D eigenvalue weighted by Gasteiger charge is -2.15. The molecule has 0 fully saturated rings. The van der Waals surface area contributed by atoms with Crippen LogP contribution in [0.25, 0.3) is 6.08 Å². The predicted molar refractivity (Wildman–Crippen MR) is 87.2 cm³/mol. The summed E-state index contributed by atoms with van der Waals surface area (Å²) in [4.78, 5) is 27.1. The van der Waals surface area contributed by atoms with E-state index in [-0.39, 0.29) is 5.02 Å². The SMILES string of the molecule is O=C(COC(=O)C=Cc1nccs1)Nc1c(Cl)cccc1C(F)(F)F. The number of carbonyl (C=O) groups is 2. The van der Waals surface area contributed by atoms with Gasteiger partial charge in [0.1, 0.15) is 5.01 Å². The van der Waals surface area contributed by atoms with Gasteiger partial charge in [-0.2, -0.15) is 13.2 Å². The normalized spacial score (nSPS) is 11.5. The van der Waals surface area contributed by atoms with Crippen LogP contribution in [0.4, 0.5) is 18.9 Å². The average molecular weight is 391 g/mol. The van der Waals surface area contributed by atoms with Gasteiger partial charge in [-0.25, -0.2) is 9.78 Å². The van der Waals surface area contributed by atoms with Gasteiger partial charge in [-0.05, 0) is 18.2 Å². The summed E-state index contributed by atoms with van der Waals surface area (Å²) in [5, 5.41) is 4.00. The van der Waals surface area contributed by atoms with E-state index in [9.17, 15) is 22.8 Å². The van der Waals surface area contributed by atoms with Crippen molar-refractivity contribution in [3.05, 3.63) is 51.4 Å². The molecule has 132 valence electrons. The fourth-order valence-corrected chi connectivity index (χ4v) is 2.46. The lowest BCUT2D eigenvalue weighted by Crippen LogP contribution is -2.22. The second-order valence-corrected chi connectivity index (χ2v) is 5.85. The highest BCUT2D eigenvalue weighted by Gasteiger charge is 2.34. The highest BCUT2D eigenvalue weighted by atomic mass is 35.5.